The molecule has 8 heteroatoms. The molecule has 0 fully saturated rings. The van der Waals surface area contributed by atoms with E-state index in [2.05, 4.69) is 5.32 Å². The molecule has 2 aromatic rings. The van der Waals surface area contributed by atoms with Gasteiger partial charge in [0.05, 0.1) is 16.7 Å². The number of benzene rings is 1. The molecular formula is C11H6Cl2N2O4. The number of halogens is 2. The maximum Gasteiger partial charge on any atom is 0.292 e. The highest BCUT2D eigenvalue weighted by molar-refractivity contribution is 6.33. The van der Waals surface area contributed by atoms with Gasteiger partial charge in [-0.2, -0.15) is 0 Å². The summed E-state index contributed by atoms with van der Waals surface area (Å²) >= 11 is 11.4. The number of hydrogen-bond acceptors (Lipinski definition) is 4. The number of hydrogen-bond donors (Lipinski definition) is 1. The molecule has 1 amide bonds. The van der Waals surface area contributed by atoms with E-state index in [0.717, 1.165) is 0 Å². The zero-order valence-electron chi connectivity index (χ0n) is 9.22. The molecule has 0 unspecified atom stereocenters. The molecule has 1 N–H and O–H groups in total. The number of nitrogens with one attached hydrogen (secondary N) is 1. The summed E-state index contributed by atoms with van der Waals surface area (Å²) in [7, 11) is 0. The first-order valence-electron chi connectivity index (χ1n) is 4.97. The number of nitrogens with zero attached hydrogens (tertiary/aromatic N) is 1. The summed E-state index contributed by atoms with van der Waals surface area (Å²) in [6.45, 7) is 0. The number of nitro benzene ring substituents is 1. The zero-order valence-corrected chi connectivity index (χ0v) is 10.7. The second kappa shape index (κ2) is 5.29. The molecule has 0 atom stereocenters. The van der Waals surface area contributed by atoms with Crippen LogP contribution < -0.4 is 5.32 Å². The third-order valence-corrected chi connectivity index (χ3v) is 2.79. The van der Waals surface area contributed by atoms with E-state index < -0.39 is 10.8 Å². The van der Waals surface area contributed by atoms with Gasteiger partial charge in [-0.3, -0.25) is 14.9 Å². The average Bonchev–Trinajstić information content (AvgIpc) is 2.75. The minimum absolute atomic E-state index is 0.0141. The molecular weight excluding hydrogens is 295 g/mol. The van der Waals surface area contributed by atoms with Crippen molar-refractivity contribution >= 4 is 40.5 Å². The van der Waals surface area contributed by atoms with Crippen LogP contribution >= 0.6 is 23.2 Å². The van der Waals surface area contributed by atoms with E-state index in [1.807, 2.05) is 0 Å². The number of nitro groups is 1. The van der Waals surface area contributed by atoms with E-state index in [9.17, 15) is 14.9 Å². The standard InChI is InChI=1S/C11H6Cl2N2O4/c12-6-1-2-9(15(17)18)8(5-6)14-11(16)7-3-4-19-10(7)13/h1-5H,(H,14,16). The Morgan fingerprint density at radius 1 is 1.32 bits per heavy atom. The van der Waals surface area contributed by atoms with Gasteiger partial charge in [-0.25, -0.2) is 0 Å². The lowest BCUT2D eigenvalue weighted by molar-refractivity contribution is -0.383. The largest absolute Gasteiger partial charge is 0.452 e. The molecule has 1 heterocycles. The number of anilines is 1. The third kappa shape index (κ3) is 2.86. The van der Waals surface area contributed by atoms with Crippen molar-refractivity contribution < 1.29 is 14.1 Å². The quantitative estimate of drug-likeness (QED) is 0.691. The van der Waals surface area contributed by atoms with Crippen LogP contribution in [0, 0.1) is 10.1 Å². The Morgan fingerprint density at radius 3 is 2.63 bits per heavy atom. The molecule has 0 spiro atoms. The lowest BCUT2D eigenvalue weighted by Gasteiger charge is -2.05. The first kappa shape index (κ1) is 13.4. The third-order valence-electron chi connectivity index (χ3n) is 2.27. The molecule has 0 radical (unpaired) electrons. The normalized spacial score (nSPS) is 10.2. The van der Waals surface area contributed by atoms with Gasteiger partial charge in [-0.15, -0.1) is 0 Å². The summed E-state index contributed by atoms with van der Waals surface area (Å²) in [5, 5.41) is 13.4. The summed E-state index contributed by atoms with van der Waals surface area (Å²) < 4.78 is 4.77. The highest BCUT2D eigenvalue weighted by atomic mass is 35.5. The smallest absolute Gasteiger partial charge is 0.292 e. The summed E-state index contributed by atoms with van der Waals surface area (Å²) in [6.07, 6.45) is 1.24. The maximum absolute atomic E-state index is 11.9. The minimum atomic E-state index is -0.622. The van der Waals surface area contributed by atoms with Gasteiger partial charge in [0, 0.05) is 11.1 Å². The van der Waals surface area contributed by atoms with Crippen LogP contribution in [0.5, 0.6) is 0 Å². The Kier molecular flexibility index (Phi) is 3.73. The van der Waals surface area contributed by atoms with Crippen molar-refractivity contribution in [2.45, 2.75) is 0 Å². The number of rotatable bonds is 3. The molecule has 0 aliphatic rings. The van der Waals surface area contributed by atoms with Crippen LogP contribution in [-0.4, -0.2) is 10.8 Å². The number of amides is 1. The van der Waals surface area contributed by atoms with Crippen LogP contribution in [0.3, 0.4) is 0 Å². The van der Waals surface area contributed by atoms with Gasteiger partial charge in [0.25, 0.3) is 11.6 Å². The van der Waals surface area contributed by atoms with E-state index in [1.165, 1.54) is 30.5 Å². The van der Waals surface area contributed by atoms with Crippen LogP contribution in [0.25, 0.3) is 0 Å². The van der Waals surface area contributed by atoms with Crippen LogP contribution in [0.2, 0.25) is 10.2 Å². The Labute approximate surface area is 117 Å². The maximum atomic E-state index is 11.9. The van der Waals surface area contributed by atoms with Crippen molar-refractivity contribution in [1.29, 1.82) is 0 Å². The highest BCUT2D eigenvalue weighted by Crippen LogP contribution is 2.28. The first-order valence-corrected chi connectivity index (χ1v) is 5.73. The molecule has 6 nitrogen and oxygen atoms in total. The zero-order chi connectivity index (χ0) is 14.0. The van der Waals surface area contributed by atoms with Gasteiger partial charge < -0.3 is 9.73 Å². The molecule has 0 saturated heterocycles. The van der Waals surface area contributed by atoms with Gasteiger partial charge in [0.1, 0.15) is 5.69 Å². The second-order valence-electron chi connectivity index (χ2n) is 3.48. The molecule has 2 rings (SSSR count). The topological polar surface area (TPSA) is 85.4 Å². The average molecular weight is 301 g/mol. The minimum Gasteiger partial charge on any atom is -0.452 e. The number of furan rings is 1. The van der Waals surface area contributed by atoms with E-state index >= 15 is 0 Å². The highest BCUT2D eigenvalue weighted by Gasteiger charge is 2.19. The van der Waals surface area contributed by atoms with Crippen molar-refractivity contribution in [3.05, 3.63) is 56.4 Å². The predicted octanol–water partition coefficient (Wildman–Crippen LogP) is 3.75. The van der Waals surface area contributed by atoms with E-state index in [-0.39, 0.29) is 27.2 Å². The summed E-state index contributed by atoms with van der Waals surface area (Å²) in [4.78, 5) is 22.1. The van der Waals surface area contributed by atoms with Crippen LogP contribution in [0.4, 0.5) is 11.4 Å². The van der Waals surface area contributed by atoms with E-state index in [1.54, 1.807) is 0 Å². The van der Waals surface area contributed by atoms with Gasteiger partial charge in [-0.05, 0) is 29.8 Å². The van der Waals surface area contributed by atoms with Crippen molar-refractivity contribution in [2.24, 2.45) is 0 Å². The molecule has 0 bridgehead atoms. The predicted molar refractivity (Wildman–Crippen MR) is 69.8 cm³/mol. The molecule has 19 heavy (non-hydrogen) atoms. The SMILES string of the molecule is O=C(Nc1cc(Cl)ccc1[N+](=O)[O-])c1ccoc1Cl. The van der Waals surface area contributed by atoms with Crippen LogP contribution in [0.15, 0.2) is 34.9 Å². The Bertz CT molecular complexity index is 654. The van der Waals surface area contributed by atoms with Crippen molar-refractivity contribution in [3.63, 3.8) is 0 Å². The Balaban J connectivity index is 2.33. The van der Waals surface area contributed by atoms with Crippen molar-refractivity contribution in [3.8, 4) is 0 Å². The monoisotopic (exact) mass is 300 g/mol. The van der Waals surface area contributed by atoms with Crippen molar-refractivity contribution in [2.75, 3.05) is 5.32 Å². The molecule has 1 aromatic carbocycles. The first-order chi connectivity index (χ1) is 8.99. The lowest BCUT2D eigenvalue weighted by Crippen LogP contribution is -2.12. The summed E-state index contributed by atoms with van der Waals surface area (Å²) in [5.74, 6) is -0.621. The van der Waals surface area contributed by atoms with Crippen molar-refractivity contribution in [1.82, 2.24) is 0 Å². The molecule has 0 saturated carbocycles. The fourth-order valence-electron chi connectivity index (χ4n) is 1.41. The number of carbonyl (C=O) groups excluding carboxylic acids is 1. The van der Waals surface area contributed by atoms with Crippen LogP contribution in [-0.2, 0) is 0 Å². The molecule has 0 aliphatic heterocycles. The van der Waals surface area contributed by atoms with Gasteiger partial charge >= 0.3 is 0 Å². The molecule has 0 aliphatic carbocycles. The second-order valence-corrected chi connectivity index (χ2v) is 4.26. The van der Waals surface area contributed by atoms with Crippen LogP contribution in [0.1, 0.15) is 10.4 Å². The van der Waals surface area contributed by atoms with Gasteiger partial charge in [-0.1, -0.05) is 11.6 Å². The summed E-state index contributed by atoms with van der Waals surface area (Å²) in [5.41, 5.74) is -0.201. The fraction of sp³-hybridized carbons (Fsp3) is 0. The van der Waals surface area contributed by atoms with E-state index in [4.69, 9.17) is 27.6 Å². The Hall–Kier alpha value is -2.05. The fourth-order valence-corrected chi connectivity index (χ4v) is 1.79. The molecule has 98 valence electrons. The molecule has 1 aromatic heterocycles. The summed E-state index contributed by atoms with van der Waals surface area (Å²) in [6, 6.07) is 5.20. The Morgan fingerprint density at radius 2 is 2.05 bits per heavy atom. The van der Waals surface area contributed by atoms with Gasteiger partial charge in [0.2, 0.25) is 5.22 Å². The van der Waals surface area contributed by atoms with Gasteiger partial charge in [0.15, 0.2) is 0 Å². The number of carbonyl (C=O) groups is 1. The lowest BCUT2D eigenvalue weighted by atomic mass is 10.2. The van der Waals surface area contributed by atoms with E-state index in [0.29, 0.717) is 0 Å².